The lowest BCUT2D eigenvalue weighted by Gasteiger charge is -2.20. The van der Waals surface area contributed by atoms with Crippen molar-refractivity contribution in [2.45, 2.75) is 32.1 Å². The number of hydrogen-bond acceptors (Lipinski definition) is 6. The number of para-hydroxylation sites is 1. The molecule has 0 aliphatic heterocycles. The minimum atomic E-state index is 0.0786. The van der Waals surface area contributed by atoms with E-state index in [1.165, 1.54) is 6.42 Å². The van der Waals surface area contributed by atoms with Crippen molar-refractivity contribution in [1.82, 2.24) is 35.1 Å². The third kappa shape index (κ3) is 4.41. The topological polar surface area (TPSA) is 125 Å². The van der Waals surface area contributed by atoms with E-state index in [9.17, 15) is 4.79 Å². The minimum absolute atomic E-state index is 0.0786. The fraction of sp³-hybridized carbons (Fsp3) is 0.200. The van der Waals surface area contributed by atoms with Gasteiger partial charge >= 0.3 is 0 Å². The molecule has 9 nitrogen and oxygen atoms in total. The van der Waals surface area contributed by atoms with Gasteiger partial charge in [-0.25, -0.2) is 9.97 Å². The number of aromatic amines is 2. The standard InChI is InChI=1S/C30H26N8O/c39-30(18-6-2-1-3-7-18)34-22-12-20(15-32-17-22)21-13-24-27(37-38-28(24)33-16-21)29-35-25-10-4-9-23(26(25)36-29)19-8-5-11-31-14-19/h4-5,8-18H,1-3,6-7H2,(H,34,39)(H,35,36)(H,33,37,38). The first-order valence-electron chi connectivity index (χ1n) is 13.2. The van der Waals surface area contributed by atoms with E-state index < -0.39 is 0 Å². The first-order valence-corrected chi connectivity index (χ1v) is 13.2. The average Bonchev–Trinajstić information content (AvgIpc) is 3.62. The Hall–Kier alpha value is -4.92. The van der Waals surface area contributed by atoms with Gasteiger partial charge in [-0.15, -0.1) is 0 Å². The highest BCUT2D eigenvalue weighted by Gasteiger charge is 2.21. The molecule has 9 heteroatoms. The molecule has 1 aliphatic carbocycles. The van der Waals surface area contributed by atoms with Crippen molar-refractivity contribution in [1.29, 1.82) is 0 Å². The maximum absolute atomic E-state index is 12.8. The predicted molar refractivity (Wildman–Crippen MR) is 151 cm³/mol. The van der Waals surface area contributed by atoms with Gasteiger partial charge in [-0.05, 0) is 37.1 Å². The molecule has 1 amide bonds. The van der Waals surface area contributed by atoms with Crippen molar-refractivity contribution >= 4 is 33.7 Å². The molecular formula is C30H26N8O. The number of nitrogens with zero attached hydrogens (tertiary/aromatic N) is 5. The van der Waals surface area contributed by atoms with Crippen LogP contribution < -0.4 is 5.32 Å². The summed E-state index contributed by atoms with van der Waals surface area (Å²) in [4.78, 5) is 34.4. The summed E-state index contributed by atoms with van der Waals surface area (Å²) in [7, 11) is 0. The number of nitrogens with one attached hydrogen (secondary N) is 3. The summed E-state index contributed by atoms with van der Waals surface area (Å²) in [5, 5.41) is 11.5. The molecular weight excluding hydrogens is 488 g/mol. The number of imidazole rings is 1. The number of pyridine rings is 3. The molecule has 6 aromatic rings. The fourth-order valence-corrected chi connectivity index (χ4v) is 5.42. The molecule has 7 rings (SSSR count). The molecule has 39 heavy (non-hydrogen) atoms. The van der Waals surface area contributed by atoms with E-state index in [1.54, 1.807) is 24.8 Å². The van der Waals surface area contributed by atoms with Crippen LogP contribution in [0.25, 0.3) is 55.8 Å². The molecule has 0 radical (unpaired) electrons. The Balaban J connectivity index is 1.23. The normalized spacial score (nSPS) is 14.2. The number of carbonyl (C=O) groups excluding carboxylic acids is 1. The SMILES string of the molecule is O=C(Nc1cncc(-c2cnc3[nH]nc(-c4nc5c(-c6cccnc6)cccc5[nH]4)c3c2)c1)C1CCCCC1. The van der Waals surface area contributed by atoms with Crippen molar-refractivity contribution < 1.29 is 4.79 Å². The second-order valence-corrected chi connectivity index (χ2v) is 10.0. The van der Waals surface area contributed by atoms with Crippen molar-refractivity contribution in [2.24, 2.45) is 5.92 Å². The third-order valence-electron chi connectivity index (χ3n) is 7.44. The zero-order valence-electron chi connectivity index (χ0n) is 21.2. The molecule has 192 valence electrons. The van der Waals surface area contributed by atoms with E-state index in [0.29, 0.717) is 22.9 Å². The van der Waals surface area contributed by atoms with Gasteiger partial charge in [0.2, 0.25) is 5.91 Å². The van der Waals surface area contributed by atoms with E-state index >= 15 is 0 Å². The number of hydrogen-bond donors (Lipinski definition) is 3. The van der Waals surface area contributed by atoms with Crippen LogP contribution in [0.3, 0.4) is 0 Å². The van der Waals surface area contributed by atoms with Crippen molar-refractivity contribution in [2.75, 3.05) is 5.32 Å². The van der Waals surface area contributed by atoms with Gasteiger partial charge in [0.15, 0.2) is 11.5 Å². The largest absolute Gasteiger partial charge is 0.337 e. The molecule has 5 aromatic heterocycles. The van der Waals surface area contributed by atoms with Gasteiger partial charge in [0.25, 0.3) is 0 Å². The Morgan fingerprint density at radius 2 is 1.77 bits per heavy atom. The van der Waals surface area contributed by atoms with E-state index in [-0.39, 0.29) is 11.8 Å². The molecule has 3 N–H and O–H groups in total. The number of anilines is 1. The number of amides is 1. The van der Waals surface area contributed by atoms with E-state index in [1.807, 2.05) is 48.7 Å². The van der Waals surface area contributed by atoms with Crippen LogP contribution >= 0.6 is 0 Å². The number of aromatic nitrogens is 7. The van der Waals surface area contributed by atoms with Crippen LogP contribution in [-0.2, 0) is 4.79 Å². The molecule has 0 bridgehead atoms. The zero-order valence-corrected chi connectivity index (χ0v) is 21.2. The minimum Gasteiger partial charge on any atom is -0.337 e. The van der Waals surface area contributed by atoms with Gasteiger partial charge in [0.05, 0.1) is 28.3 Å². The summed E-state index contributed by atoms with van der Waals surface area (Å²) < 4.78 is 0. The van der Waals surface area contributed by atoms with E-state index in [0.717, 1.165) is 64.4 Å². The van der Waals surface area contributed by atoms with Gasteiger partial charge in [0, 0.05) is 53.0 Å². The third-order valence-corrected chi connectivity index (χ3v) is 7.44. The highest BCUT2D eigenvalue weighted by atomic mass is 16.1. The molecule has 1 aromatic carbocycles. The highest BCUT2D eigenvalue weighted by molar-refractivity contribution is 5.97. The molecule has 5 heterocycles. The molecule has 0 spiro atoms. The Bertz CT molecular complexity index is 1800. The van der Waals surface area contributed by atoms with Crippen LogP contribution in [-0.4, -0.2) is 41.0 Å². The summed E-state index contributed by atoms with van der Waals surface area (Å²) in [5.41, 5.74) is 7.54. The molecule has 1 fully saturated rings. The first-order chi connectivity index (χ1) is 19.2. The second kappa shape index (κ2) is 9.75. The first kappa shape index (κ1) is 23.2. The lowest BCUT2D eigenvalue weighted by atomic mass is 9.88. The molecule has 0 saturated heterocycles. The smallest absolute Gasteiger partial charge is 0.227 e. The van der Waals surface area contributed by atoms with E-state index in [4.69, 9.17) is 4.98 Å². The fourth-order valence-electron chi connectivity index (χ4n) is 5.42. The summed E-state index contributed by atoms with van der Waals surface area (Å²) >= 11 is 0. The number of H-pyrrole nitrogens is 2. The molecule has 0 unspecified atom stereocenters. The van der Waals surface area contributed by atoms with E-state index in [2.05, 4.69) is 35.5 Å². The summed E-state index contributed by atoms with van der Waals surface area (Å²) in [6.45, 7) is 0. The van der Waals surface area contributed by atoms with Gasteiger partial charge in [-0.3, -0.25) is 19.9 Å². The number of carbonyl (C=O) groups is 1. The predicted octanol–water partition coefficient (Wildman–Crippen LogP) is 6.14. The molecule has 1 saturated carbocycles. The van der Waals surface area contributed by atoms with Crippen LogP contribution in [0.5, 0.6) is 0 Å². The summed E-state index contributed by atoms with van der Waals surface area (Å²) in [6, 6.07) is 14.0. The van der Waals surface area contributed by atoms with Crippen LogP contribution in [0.15, 0.2) is 73.4 Å². The monoisotopic (exact) mass is 514 g/mol. The summed E-state index contributed by atoms with van der Waals surface area (Å²) in [6.07, 6.45) is 14.2. The van der Waals surface area contributed by atoms with Gasteiger partial charge < -0.3 is 10.3 Å². The summed E-state index contributed by atoms with van der Waals surface area (Å²) in [5.74, 6) is 0.810. The van der Waals surface area contributed by atoms with Crippen molar-refractivity contribution in [3.8, 4) is 33.8 Å². The Kier molecular flexibility index (Phi) is 5.81. The molecule has 1 aliphatic rings. The van der Waals surface area contributed by atoms with Crippen LogP contribution in [0.2, 0.25) is 0 Å². The highest BCUT2D eigenvalue weighted by Crippen LogP contribution is 2.33. The van der Waals surface area contributed by atoms with Crippen molar-refractivity contribution in [3.05, 3.63) is 73.4 Å². The Labute approximate surface area is 224 Å². The van der Waals surface area contributed by atoms with Crippen LogP contribution in [0.1, 0.15) is 32.1 Å². The zero-order chi connectivity index (χ0) is 26.2. The lowest BCUT2D eigenvalue weighted by Crippen LogP contribution is -2.24. The maximum Gasteiger partial charge on any atom is 0.227 e. The van der Waals surface area contributed by atoms with Crippen molar-refractivity contribution in [3.63, 3.8) is 0 Å². The Morgan fingerprint density at radius 1 is 0.897 bits per heavy atom. The quantitative estimate of drug-likeness (QED) is 0.254. The molecule has 0 atom stereocenters. The number of rotatable bonds is 5. The van der Waals surface area contributed by atoms with Gasteiger partial charge in [0.1, 0.15) is 5.69 Å². The van der Waals surface area contributed by atoms with Gasteiger partial charge in [-0.1, -0.05) is 37.5 Å². The average molecular weight is 515 g/mol. The van der Waals surface area contributed by atoms with Gasteiger partial charge in [-0.2, -0.15) is 5.10 Å². The maximum atomic E-state index is 12.8. The second-order valence-electron chi connectivity index (χ2n) is 10.0. The lowest BCUT2D eigenvalue weighted by molar-refractivity contribution is -0.120. The Morgan fingerprint density at radius 3 is 2.64 bits per heavy atom. The number of fused-ring (bicyclic) bond motifs is 2. The van der Waals surface area contributed by atoms with Crippen LogP contribution in [0.4, 0.5) is 5.69 Å². The number of benzene rings is 1. The van der Waals surface area contributed by atoms with Crippen LogP contribution in [0, 0.1) is 5.92 Å².